The molecule has 2 heterocycles. The maximum absolute atomic E-state index is 7.76. The van der Waals surface area contributed by atoms with Crippen LogP contribution in [0.2, 0.25) is 0 Å². The van der Waals surface area contributed by atoms with Crippen molar-refractivity contribution in [1.82, 2.24) is 0 Å². The summed E-state index contributed by atoms with van der Waals surface area (Å²) in [4.78, 5) is 5.05. The predicted octanol–water partition coefficient (Wildman–Crippen LogP) is 26.8. The Balaban J connectivity index is 1.16. The van der Waals surface area contributed by atoms with E-state index in [1.54, 1.807) is 0 Å². The van der Waals surface area contributed by atoms with Gasteiger partial charge in [-0.2, -0.15) is 0 Å². The van der Waals surface area contributed by atoms with Crippen molar-refractivity contribution in [3.8, 4) is 22.6 Å². The zero-order chi connectivity index (χ0) is 67.8. The molecule has 0 amide bonds. The Morgan fingerprint density at radius 2 is 0.667 bits per heavy atom. The second-order valence-electron chi connectivity index (χ2n) is 33.1. The number of benzene rings is 11. The monoisotopic (exact) mass is 1280 g/mol. The lowest BCUT2D eigenvalue weighted by atomic mass is 9.67. The van der Waals surface area contributed by atoms with E-state index in [0.29, 0.717) is 0 Å². The molecule has 1 atom stereocenters. The van der Waals surface area contributed by atoms with Crippen LogP contribution in [-0.4, -0.2) is 0 Å². The quantitative estimate of drug-likeness (QED) is 0.136. The Morgan fingerprint density at radius 1 is 0.333 bits per heavy atom. The molecule has 0 N–H and O–H groups in total. The summed E-state index contributed by atoms with van der Waals surface area (Å²) in [6.45, 7) is 41.3. The molecule has 0 radical (unpaired) electrons. The van der Waals surface area contributed by atoms with Crippen molar-refractivity contribution in [3.05, 3.63) is 286 Å². The van der Waals surface area contributed by atoms with Gasteiger partial charge in [0.15, 0.2) is 0 Å². The molecule has 14 rings (SSSR count). The fraction of sp³-hybridized carbons (Fsp3) is 0.275. The number of thiophene rings is 1. The van der Waals surface area contributed by atoms with Crippen LogP contribution < -0.4 is 14.5 Å². The van der Waals surface area contributed by atoms with Crippen molar-refractivity contribution in [2.24, 2.45) is 0 Å². The lowest BCUT2D eigenvalue weighted by Crippen LogP contribution is -2.29. The number of nitrogens with zero attached hydrogens (tertiary/aromatic N) is 2. The maximum atomic E-state index is 7.76. The molecule has 0 saturated carbocycles. The van der Waals surface area contributed by atoms with Gasteiger partial charge >= 0.3 is 0 Å². The number of anilines is 6. The Morgan fingerprint density at radius 3 is 1.09 bits per heavy atom. The van der Waals surface area contributed by atoms with Crippen LogP contribution in [0, 0.1) is 0 Å². The van der Waals surface area contributed by atoms with Gasteiger partial charge in [0.2, 0.25) is 0 Å². The molecule has 1 unspecified atom stereocenters. The summed E-state index contributed by atoms with van der Waals surface area (Å²) in [5, 5.41) is 4.54. The Bertz CT molecular complexity index is 4950. The second-order valence-corrected chi connectivity index (χ2v) is 34.1. The number of furan rings is 1. The number of hydrogen-bond donors (Lipinski definition) is 0. The van der Waals surface area contributed by atoms with E-state index in [9.17, 15) is 0 Å². The lowest BCUT2D eigenvalue weighted by molar-refractivity contribution is 0.481. The van der Waals surface area contributed by atoms with Crippen molar-refractivity contribution >= 4 is 87.6 Å². The third kappa shape index (κ3) is 11.2. The maximum Gasteiger partial charge on any atom is 0.145 e. The summed E-state index contributed by atoms with van der Waals surface area (Å²) < 4.78 is 17.1. The summed E-state index contributed by atoms with van der Waals surface area (Å²) >= 11 is 1.88. The Hall–Kier alpha value is -9.16. The molecule has 96 heavy (non-hydrogen) atoms. The second kappa shape index (κ2) is 23.0. The zero-order valence-electron chi connectivity index (χ0n) is 59.6. The van der Waals surface area contributed by atoms with Gasteiger partial charge in [0, 0.05) is 49.2 Å². The zero-order valence-corrected chi connectivity index (χ0v) is 60.4. The van der Waals surface area contributed by atoms with Crippen LogP contribution in [0.1, 0.15) is 180 Å². The van der Waals surface area contributed by atoms with E-state index < -0.39 is 5.41 Å². The normalized spacial score (nSPS) is 14.6. The van der Waals surface area contributed by atoms with Crippen molar-refractivity contribution < 1.29 is 9.15 Å². The summed E-state index contributed by atoms with van der Waals surface area (Å²) in [7, 11) is 0. The first-order chi connectivity index (χ1) is 45.4. The summed E-state index contributed by atoms with van der Waals surface area (Å²) in [5.41, 5.74) is 21.4. The first-order valence-electron chi connectivity index (χ1n) is 34.4. The van der Waals surface area contributed by atoms with Crippen molar-refractivity contribution in [3.63, 3.8) is 0 Å². The lowest BCUT2D eigenvalue weighted by Gasteiger charge is -2.36. The molecular weight excluding hydrogens is 1190 g/mol. The van der Waals surface area contributed by atoms with Crippen LogP contribution in [0.25, 0.3) is 53.2 Å². The van der Waals surface area contributed by atoms with Gasteiger partial charge in [0.05, 0.1) is 26.9 Å². The van der Waals surface area contributed by atoms with E-state index in [4.69, 9.17) is 9.15 Å². The van der Waals surface area contributed by atoms with Gasteiger partial charge in [0.25, 0.3) is 0 Å². The first-order valence-corrected chi connectivity index (χ1v) is 35.2. The van der Waals surface area contributed by atoms with Crippen LogP contribution in [0.15, 0.2) is 235 Å². The SMILES string of the molecule is CC(C)(C)c1ccc(Oc2ccc(C3(c4ccc(C(C)(C)C)cc4)c4cc(N(c5ccc(C(C)(C)C)cc5)c5ccc(C(C)(C)C)cc5)c5c(oc6ccccc65)c4-c4c3cc(N(c3ccc(C(C)(C)C)cc3)c3ccc(C(C)(C)C)cc3)c3sc5ccccc5c43)cc2)cc1. The largest absolute Gasteiger partial charge is 0.457 e. The molecule has 0 fully saturated rings. The highest BCUT2D eigenvalue weighted by atomic mass is 32.1. The van der Waals surface area contributed by atoms with Crippen LogP contribution in [-0.2, 0) is 37.9 Å². The van der Waals surface area contributed by atoms with Gasteiger partial charge < -0.3 is 19.0 Å². The minimum atomic E-state index is -0.989. The number of hydrogen-bond acceptors (Lipinski definition) is 5. The Labute approximate surface area is 574 Å². The minimum absolute atomic E-state index is 0.0115. The molecule has 1 aliphatic rings. The van der Waals surface area contributed by atoms with Crippen molar-refractivity contribution in [2.45, 2.75) is 163 Å². The van der Waals surface area contributed by atoms with Crippen LogP contribution in [0.5, 0.6) is 11.5 Å². The number of ether oxygens (including phenoxy) is 1. The van der Waals surface area contributed by atoms with Crippen LogP contribution >= 0.6 is 11.3 Å². The molecular formula is C91H92N2O2S. The molecule has 0 saturated heterocycles. The molecule has 13 aromatic rings. The highest BCUT2D eigenvalue weighted by molar-refractivity contribution is 7.26. The fourth-order valence-electron chi connectivity index (χ4n) is 14.6. The third-order valence-corrected chi connectivity index (χ3v) is 21.4. The molecule has 2 aromatic heterocycles. The average molecular weight is 1280 g/mol. The fourth-order valence-corrected chi connectivity index (χ4v) is 15.8. The number of para-hydroxylation sites is 1. The number of rotatable bonds is 10. The third-order valence-electron chi connectivity index (χ3n) is 20.2. The van der Waals surface area contributed by atoms with E-state index in [0.717, 1.165) is 89.8 Å². The molecule has 0 spiro atoms. The molecule has 1 aliphatic carbocycles. The van der Waals surface area contributed by atoms with Gasteiger partial charge in [0.1, 0.15) is 22.7 Å². The van der Waals surface area contributed by atoms with Crippen LogP contribution in [0.3, 0.4) is 0 Å². The molecule has 5 heteroatoms. The topological polar surface area (TPSA) is 28.9 Å². The first kappa shape index (κ1) is 64.2. The van der Waals surface area contributed by atoms with Gasteiger partial charge in [-0.05, 0) is 191 Å². The summed E-state index contributed by atoms with van der Waals surface area (Å²) in [6.07, 6.45) is 0. The van der Waals surface area contributed by atoms with Gasteiger partial charge in [-0.25, -0.2) is 0 Å². The van der Waals surface area contributed by atoms with E-state index >= 15 is 0 Å². The van der Waals surface area contributed by atoms with Crippen molar-refractivity contribution in [2.75, 3.05) is 9.80 Å². The molecule has 484 valence electrons. The van der Waals surface area contributed by atoms with E-state index in [2.05, 4.69) is 365 Å². The van der Waals surface area contributed by atoms with Gasteiger partial charge in [-0.1, -0.05) is 258 Å². The van der Waals surface area contributed by atoms with Gasteiger partial charge in [-0.3, -0.25) is 0 Å². The molecule has 0 bridgehead atoms. The molecule has 11 aromatic carbocycles. The standard InChI is InChI=1S/C91H92N2O2S/c1-85(2,3)57-27-29-63(30-28-57)91(64-41-53-70(54-42-64)94-69-51-39-62(40-52-69)90(16,17)18)73-56-76(93(67-47-35-60(36-48-67)88(10,11)12)68-49-37-61(38-50-68)89(13,14)15)84-80(72-24-20-22-26-78(72)96-84)81(73)82-74(91)55-75(79-71-23-19-21-25-77(71)95-83(79)82)92(65-43-31-58(32-44-65)86(4,5)6)66-45-33-59(34-46-66)87(7,8)9/h19-56H,1-18H3. The van der Waals surface area contributed by atoms with E-state index in [1.807, 2.05) is 11.3 Å². The van der Waals surface area contributed by atoms with E-state index in [-0.39, 0.29) is 32.5 Å². The average Bonchev–Trinajstić information content (AvgIpc) is 1.49. The Kier molecular flexibility index (Phi) is 15.4. The number of fused-ring (bicyclic) bond motifs is 11. The van der Waals surface area contributed by atoms with Crippen LogP contribution in [0.4, 0.5) is 34.1 Å². The summed E-state index contributed by atoms with van der Waals surface area (Å²) in [6, 6.07) is 87.5. The van der Waals surface area contributed by atoms with Gasteiger partial charge in [-0.15, -0.1) is 11.3 Å². The minimum Gasteiger partial charge on any atom is -0.457 e. The van der Waals surface area contributed by atoms with E-state index in [1.165, 1.54) is 64.7 Å². The molecule has 0 aliphatic heterocycles. The highest BCUT2D eigenvalue weighted by Crippen LogP contribution is 2.65. The smallest absolute Gasteiger partial charge is 0.145 e. The highest BCUT2D eigenvalue weighted by Gasteiger charge is 2.51. The van der Waals surface area contributed by atoms with Crippen molar-refractivity contribution in [1.29, 1.82) is 0 Å². The summed E-state index contributed by atoms with van der Waals surface area (Å²) in [5.74, 6) is 1.56. The molecule has 4 nitrogen and oxygen atoms in total. The predicted molar refractivity (Wildman–Crippen MR) is 412 cm³/mol.